The molecule has 1 aromatic carbocycles. The topological polar surface area (TPSA) is 45.5 Å². The minimum Gasteiger partial charge on any atom is -0.492 e. The monoisotopic (exact) mass is 246 g/mol. The molecule has 18 heavy (non-hydrogen) atoms. The molecule has 0 aliphatic carbocycles. The Morgan fingerprint density at radius 3 is 2.78 bits per heavy atom. The van der Waals surface area contributed by atoms with Gasteiger partial charge in [-0.2, -0.15) is 5.26 Å². The summed E-state index contributed by atoms with van der Waals surface area (Å²) in [6, 6.07) is 9.30. The normalized spacial score (nSPS) is 19.7. The standard InChI is InChI=1S/C14H18N2O2/c1-17-14-6-7-16(11-14)8-9-18-13-4-2-12(10-15)3-5-13/h2-5,14H,6-9,11H2,1H3. The van der Waals surface area contributed by atoms with Crippen molar-refractivity contribution in [2.75, 3.05) is 33.4 Å². The highest BCUT2D eigenvalue weighted by atomic mass is 16.5. The van der Waals surface area contributed by atoms with E-state index >= 15 is 0 Å². The number of hydrogen-bond acceptors (Lipinski definition) is 4. The maximum atomic E-state index is 8.69. The van der Waals surface area contributed by atoms with E-state index in [9.17, 15) is 0 Å². The van der Waals surface area contributed by atoms with Crippen molar-refractivity contribution in [1.29, 1.82) is 5.26 Å². The molecule has 1 aliphatic rings. The number of methoxy groups -OCH3 is 1. The highest BCUT2D eigenvalue weighted by Crippen LogP contribution is 2.13. The Balaban J connectivity index is 1.70. The number of nitrogens with zero attached hydrogens (tertiary/aromatic N) is 2. The number of benzene rings is 1. The minimum absolute atomic E-state index is 0.375. The van der Waals surface area contributed by atoms with Gasteiger partial charge in [0.25, 0.3) is 0 Å². The lowest BCUT2D eigenvalue weighted by molar-refractivity contribution is 0.106. The predicted octanol–water partition coefficient (Wildman–Crippen LogP) is 1.66. The molecule has 1 saturated heterocycles. The van der Waals surface area contributed by atoms with E-state index in [-0.39, 0.29) is 0 Å². The molecule has 1 fully saturated rings. The van der Waals surface area contributed by atoms with E-state index in [1.54, 1.807) is 19.2 Å². The fourth-order valence-corrected chi connectivity index (χ4v) is 2.11. The van der Waals surface area contributed by atoms with Gasteiger partial charge in [0.2, 0.25) is 0 Å². The zero-order valence-electron chi connectivity index (χ0n) is 10.6. The third-order valence-electron chi connectivity index (χ3n) is 3.22. The Kier molecular flexibility index (Phi) is 4.57. The summed E-state index contributed by atoms with van der Waals surface area (Å²) in [5, 5.41) is 8.69. The summed E-state index contributed by atoms with van der Waals surface area (Å²) in [5.74, 6) is 0.816. The molecule has 1 heterocycles. The molecular weight excluding hydrogens is 228 g/mol. The van der Waals surface area contributed by atoms with Gasteiger partial charge in [0, 0.05) is 26.7 Å². The van der Waals surface area contributed by atoms with Crippen LogP contribution in [0.5, 0.6) is 5.75 Å². The first-order chi connectivity index (χ1) is 8.81. The molecule has 0 aromatic heterocycles. The summed E-state index contributed by atoms with van der Waals surface area (Å²) < 4.78 is 11.0. The second-order valence-corrected chi connectivity index (χ2v) is 4.43. The largest absolute Gasteiger partial charge is 0.492 e. The predicted molar refractivity (Wildman–Crippen MR) is 68.5 cm³/mol. The van der Waals surface area contributed by atoms with Gasteiger partial charge in [-0.3, -0.25) is 4.90 Å². The maximum absolute atomic E-state index is 8.69. The molecule has 1 aliphatic heterocycles. The first-order valence-electron chi connectivity index (χ1n) is 6.20. The van der Waals surface area contributed by atoms with Crippen molar-refractivity contribution in [3.63, 3.8) is 0 Å². The molecule has 0 bridgehead atoms. The lowest BCUT2D eigenvalue weighted by atomic mass is 10.2. The Hall–Kier alpha value is -1.57. The number of likely N-dealkylation sites (tertiary alicyclic amines) is 1. The average molecular weight is 246 g/mol. The second-order valence-electron chi connectivity index (χ2n) is 4.43. The van der Waals surface area contributed by atoms with E-state index in [1.165, 1.54) is 0 Å². The van der Waals surface area contributed by atoms with E-state index in [4.69, 9.17) is 14.7 Å². The fraction of sp³-hybridized carbons (Fsp3) is 0.500. The van der Waals surface area contributed by atoms with Crippen molar-refractivity contribution < 1.29 is 9.47 Å². The maximum Gasteiger partial charge on any atom is 0.119 e. The van der Waals surface area contributed by atoms with Crippen LogP contribution in [0.2, 0.25) is 0 Å². The summed E-state index contributed by atoms with van der Waals surface area (Å²) in [7, 11) is 1.77. The minimum atomic E-state index is 0.375. The van der Waals surface area contributed by atoms with Crippen LogP contribution in [0.25, 0.3) is 0 Å². The van der Waals surface area contributed by atoms with Crippen LogP contribution in [0.3, 0.4) is 0 Å². The molecule has 0 saturated carbocycles. The average Bonchev–Trinajstić information content (AvgIpc) is 2.87. The first-order valence-corrected chi connectivity index (χ1v) is 6.20. The van der Waals surface area contributed by atoms with Crippen LogP contribution in [0.15, 0.2) is 24.3 Å². The highest BCUT2D eigenvalue weighted by Gasteiger charge is 2.21. The van der Waals surface area contributed by atoms with Crippen molar-refractivity contribution in [2.24, 2.45) is 0 Å². The number of ether oxygens (including phenoxy) is 2. The Labute approximate surface area is 108 Å². The van der Waals surface area contributed by atoms with Gasteiger partial charge in [-0.15, -0.1) is 0 Å². The van der Waals surface area contributed by atoms with Crippen LogP contribution in [0.4, 0.5) is 0 Å². The van der Waals surface area contributed by atoms with Crippen LogP contribution in [0, 0.1) is 11.3 Å². The second kappa shape index (κ2) is 6.39. The smallest absolute Gasteiger partial charge is 0.119 e. The lowest BCUT2D eigenvalue weighted by Crippen LogP contribution is -2.27. The summed E-state index contributed by atoms with van der Waals surface area (Å²) in [6.45, 7) is 3.66. The van der Waals surface area contributed by atoms with Crippen molar-refractivity contribution >= 4 is 0 Å². The van der Waals surface area contributed by atoms with E-state index in [0.29, 0.717) is 18.3 Å². The van der Waals surface area contributed by atoms with Crippen LogP contribution in [-0.4, -0.2) is 44.4 Å². The van der Waals surface area contributed by atoms with E-state index in [1.807, 2.05) is 12.1 Å². The van der Waals surface area contributed by atoms with Crippen LogP contribution >= 0.6 is 0 Å². The molecule has 96 valence electrons. The Morgan fingerprint density at radius 1 is 1.39 bits per heavy atom. The van der Waals surface area contributed by atoms with Crippen LogP contribution in [-0.2, 0) is 4.74 Å². The van der Waals surface area contributed by atoms with Crippen molar-refractivity contribution in [3.8, 4) is 11.8 Å². The van der Waals surface area contributed by atoms with Crippen LogP contribution in [0.1, 0.15) is 12.0 Å². The van der Waals surface area contributed by atoms with E-state index in [2.05, 4.69) is 11.0 Å². The van der Waals surface area contributed by atoms with Gasteiger partial charge in [0.15, 0.2) is 0 Å². The van der Waals surface area contributed by atoms with Crippen LogP contribution < -0.4 is 4.74 Å². The zero-order valence-corrected chi connectivity index (χ0v) is 10.6. The lowest BCUT2D eigenvalue weighted by Gasteiger charge is -2.15. The molecule has 1 unspecified atom stereocenters. The molecule has 4 nitrogen and oxygen atoms in total. The molecule has 0 spiro atoms. The first kappa shape index (κ1) is 12.9. The quantitative estimate of drug-likeness (QED) is 0.792. The SMILES string of the molecule is COC1CCN(CCOc2ccc(C#N)cc2)C1. The zero-order chi connectivity index (χ0) is 12.8. The number of hydrogen-bond donors (Lipinski definition) is 0. The molecule has 1 atom stereocenters. The van der Waals surface area contributed by atoms with Crippen molar-refractivity contribution in [1.82, 2.24) is 4.90 Å². The molecule has 4 heteroatoms. The van der Waals surface area contributed by atoms with E-state index in [0.717, 1.165) is 31.8 Å². The fourth-order valence-electron chi connectivity index (χ4n) is 2.11. The van der Waals surface area contributed by atoms with Gasteiger partial charge in [0.1, 0.15) is 12.4 Å². The third-order valence-corrected chi connectivity index (χ3v) is 3.22. The molecule has 2 rings (SSSR count). The number of rotatable bonds is 5. The van der Waals surface area contributed by atoms with E-state index < -0.39 is 0 Å². The summed E-state index contributed by atoms with van der Waals surface area (Å²) in [4.78, 5) is 2.35. The third kappa shape index (κ3) is 3.46. The molecule has 0 amide bonds. The highest BCUT2D eigenvalue weighted by molar-refractivity contribution is 5.34. The van der Waals surface area contributed by atoms with Gasteiger partial charge >= 0.3 is 0 Å². The molecule has 0 radical (unpaired) electrons. The van der Waals surface area contributed by atoms with Crippen molar-refractivity contribution in [2.45, 2.75) is 12.5 Å². The van der Waals surface area contributed by atoms with Crippen molar-refractivity contribution in [3.05, 3.63) is 29.8 Å². The summed E-state index contributed by atoms with van der Waals surface area (Å²) in [6.07, 6.45) is 1.48. The van der Waals surface area contributed by atoms with Gasteiger partial charge in [-0.1, -0.05) is 0 Å². The van der Waals surface area contributed by atoms with Gasteiger partial charge in [-0.25, -0.2) is 0 Å². The Morgan fingerprint density at radius 2 is 2.17 bits per heavy atom. The number of nitriles is 1. The molecular formula is C14H18N2O2. The summed E-state index contributed by atoms with van der Waals surface area (Å²) >= 11 is 0. The van der Waals surface area contributed by atoms with Gasteiger partial charge in [-0.05, 0) is 30.7 Å². The molecule has 0 N–H and O–H groups in total. The van der Waals surface area contributed by atoms with Gasteiger partial charge < -0.3 is 9.47 Å². The molecule has 1 aromatic rings. The summed E-state index contributed by atoms with van der Waals surface area (Å²) in [5.41, 5.74) is 0.657. The Bertz CT molecular complexity index is 411. The van der Waals surface area contributed by atoms with Gasteiger partial charge in [0.05, 0.1) is 17.7 Å².